The summed E-state index contributed by atoms with van der Waals surface area (Å²) >= 11 is 1.44. The van der Waals surface area contributed by atoms with Gasteiger partial charge in [0.2, 0.25) is 0 Å². The third kappa shape index (κ3) is 3.09. The molecule has 0 radical (unpaired) electrons. The first-order valence-corrected chi connectivity index (χ1v) is 10.2. The van der Waals surface area contributed by atoms with Gasteiger partial charge in [-0.15, -0.1) is 11.3 Å². The van der Waals surface area contributed by atoms with E-state index in [0.29, 0.717) is 27.2 Å². The Balaban J connectivity index is 1.72. The van der Waals surface area contributed by atoms with Crippen molar-refractivity contribution < 1.29 is 18.7 Å². The number of rotatable bonds is 4. The summed E-state index contributed by atoms with van der Waals surface area (Å²) in [6, 6.07) is 6.29. The Labute approximate surface area is 166 Å². The molecule has 7 heteroatoms. The number of aromatic nitrogens is 1. The van der Waals surface area contributed by atoms with E-state index in [1.807, 2.05) is 0 Å². The molecule has 28 heavy (non-hydrogen) atoms. The maximum atomic E-state index is 14.1. The molecular formula is C21H21FN2O3S. The van der Waals surface area contributed by atoms with Gasteiger partial charge in [-0.2, -0.15) is 0 Å². The molecule has 4 rings (SSSR count). The van der Waals surface area contributed by atoms with Crippen molar-refractivity contribution in [1.29, 1.82) is 0 Å². The van der Waals surface area contributed by atoms with Crippen LogP contribution in [0, 0.1) is 5.82 Å². The summed E-state index contributed by atoms with van der Waals surface area (Å²) in [6.07, 6.45) is 3.81. The van der Waals surface area contributed by atoms with E-state index in [1.165, 1.54) is 23.5 Å². The Morgan fingerprint density at radius 2 is 2.07 bits per heavy atom. The van der Waals surface area contributed by atoms with Crippen LogP contribution in [0.4, 0.5) is 9.39 Å². The number of hydrogen-bond acceptors (Lipinski definition) is 4. The molecule has 1 aliphatic carbocycles. The third-order valence-electron chi connectivity index (χ3n) is 5.14. The minimum atomic E-state index is -0.403. The molecule has 0 spiro atoms. The van der Waals surface area contributed by atoms with E-state index < -0.39 is 5.97 Å². The van der Waals surface area contributed by atoms with Crippen molar-refractivity contribution in [3.8, 4) is 0 Å². The van der Waals surface area contributed by atoms with Crippen LogP contribution in [0.5, 0.6) is 0 Å². The predicted octanol–water partition coefficient (Wildman–Crippen LogP) is 4.69. The second-order valence-electron chi connectivity index (χ2n) is 6.85. The lowest BCUT2D eigenvalue weighted by atomic mass is 9.95. The Morgan fingerprint density at radius 1 is 1.29 bits per heavy atom. The minimum Gasteiger partial charge on any atom is -0.462 e. The lowest BCUT2D eigenvalue weighted by Crippen LogP contribution is -2.17. The number of esters is 1. The van der Waals surface area contributed by atoms with Gasteiger partial charge >= 0.3 is 5.97 Å². The minimum absolute atomic E-state index is 0.277. The van der Waals surface area contributed by atoms with Crippen LogP contribution in [0.25, 0.3) is 10.9 Å². The van der Waals surface area contributed by atoms with Gasteiger partial charge in [0.1, 0.15) is 16.5 Å². The second kappa shape index (κ2) is 7.39. The number of nitrogens with zero attached hydrogens (tertiary/aromatic N) is 1. The molecule has 0 aliphatic heterocycles. The lowest BCUT2D eigenvalue weighted by molar-refractivity contribution is 0.0526. The molecule has 3 aromatic rings. The van der Waals surface area contributed by atoms with Crippen LogP contribution >= 0.6 is 11.3 Å². The first-order valence-electron chi connectivity index (χ1n) is 9.38. The van der Waals surface area contributed by atoms with E-state index in [4.69, 9.17) is 4.74 Å². The summed E-state index contributed by atoms with van der Waals surface area (Å²) in [4.78, 5) is 26.6. The van der Waals surface area contributed by atoms with E-state index >= 15 is 0 Å². The van der Waals surface area contributed by atoms with Crippen molar-refractivity contribution in [1.82, 2.24) is 4.57 Å². The third-order valence-corrected chi connectivity index (χ3v) is 6.35. The first kappa shape index (κ1) is 18.7. The molecular weight excluding hydrogens is 379 g/mol. The number of ether oxygens (including phenoxy) is 1. The molecule has 1 N–H and O–H groups in total. The van der Waals surface area contributed by atoms with Crippen molar-refractivity contribution >= 4 is 39.1 Å². The summed E-state index contributed by atoms with van der Waals surface area (Å²) in [5.74, 6) is -1.14. The van der Waals surface area contributed by atoms with E-state index in [2.05, 4.69) is 5.32 Å². The van der Waals surface area contributed by atoms with Crippen LogP contribution in [0.15, 0.2) is 24.3 Å². The van der Waals surface area contributed by atoms with Crippen LogP contribution in [-0.2, 0) is 24.6 Å². The SMILES string of the molecule is CCOC(=O)c1c(NC(=O)c2cc3c(F)cccc3n2C)sc2c1CCCC2. The molecule has 0 saturated heterocycles. The maximum Gasteiger partial charge on any atom is 0.341 e. The molecule has 0 atom stereocenters. The van der Waals surface area contributed by atoms with Gasteiger partial charge in [0.15, 0.2) is 0 Å². The van der Waals surface area contributed by atoms with Crippen molar-refractivity contribution in [2.45, 2.75) is 32.6 Å². The fourth-order valence-electron chi connectivity index (χ4n) is 3.78. The molecule has 1 aromatic carbocycles. The summed E-state index contributed by atoms with van der Waals surface area (Å²) in [6.45, 7) is 2.04. The maximum absolute atomic E-state index is 14.1. The smallest absolute Gasteiger partial charge is 0.341 e. The molecule has 1 amide bonds. The summed E-state index contributed by atoms with van der Waals surface area (Å²) < 4.78 is 21.0. The summed E-state index contributed by atoms with van der Waals surface area (Å²) in [5, 5.41) is 3.79. The number of carbonyl (C=O) groups excluding carboxylic acids is 2. The van der Waals surface area contributed by atoms with Crippen molar-refractivity contribution in [2.24, 2.45) is 7.05 Å². The topological polar surface area (TPSA) is 60.3 Å². The number of nitrogens with one attached hydrogen (secondary N) is 1. The Morgan fingerprint density at radius 3 is 2.82 bits per heavy atom. The van der Waals surface area contributed by atoms with E-state index in [0.717, 1.165) is 36.1 Å². The summed E-state index contributed by atoms with van der Waals surface area (Å²) in [7, 11) is 1.72. The van der Waals surface area contributed by atoms with Gasteiger partial charge in [0.05, 0.1) is 17.7 Å². The zero-order valence-corrected chi connectivity index (χ0v) is 16.6. The van der Waals surface area contributed by atoms with Gasteiger partial charge in [-0.1, -0.05) is 6.07 Å². The number of amides is 1. The number of fused-ring (bicyclic) bond motifs is 2. The Hall–Kier alpha value is -2.67. The Kier molecular flexibility index (Phi) is 4.93. The van der Waals surface area contributed by atoms with Gasteiger partial charge in [0.25, 0.3) is 5.91 Å². The highest BCUT2D eigenvalue weighted by Gasteiger charge is 2.28. The van der Waals surface area contributed by atoms with Crippen LogP contribution in [-0.4, -0.2) is 23.1 Å². The number of aryl methyl sites for hydroxylation is 2. The van der Waals surface area contributed by atoms with Crippen LogP contribution in [0.3, 0.4) is 0 Å². The fourth-order valence-corrected chi connectivity index (χ4v) is 5.05. The molecule has 0 unspecified atom stereocenters. The molecule has 2 aromatic heterocycles. The van der Waals surface area contributed by atoms with Crippen molar-refractivity contribution in [3.63, 3.8) is 0 Å². The van der Waals surface area contributed by atoms with Gasteiger partial charge in [-0.05, 0) is 56.4 Å². The fraction of sp³-hybridized carbons (Fsp3) is 0.333. The second-order valence-corrected chi connectivity index (χ2v) is 7.96. The highest BCUT2D eigenvalue weighted by atomic mass is 32.1. The number of thiophene rings is 1. The number of anilines is 1. The zero-order valence-electron chi connectivity index (χ0n) is 15.8. The van der Waals surface area contributed by atoms with Gasteiger partial charge in [0, 0.05) is 17.3 Å². The summed E-state index contributed by atoms with van der Waals surface area (Å²) in [5.41, 5.74) is 2.44. The Bertz CT molecular complexity index is 1080. The molecule has 0 saturated carbocycles. The predicted molar refractivity (Wildman–Crippen MR) is 108 cm³/mol. The van der Waals surface area contributed by atoms with Crippen molar-refractivity contribution in [2.75, 3.05) is 11.9 Å². The van der Waals surface area contributed by atoms with E-state index in [-0.39, 0.29) is 18.3 Å². The number of benzene rings is 1. The molecule has 5 nitrogen and oxygen atoms in total. The normalized spacial score (nSPS) is 13.4. The largest absolute Gasteiger partial charge is 0.462 e. The van der Waals surface area contributed by atoms with Gasteiger partial charge in [-0.25, -0.2) is 9.18 Å². The average molecular weight is 400 g/mol. The number of hydrogen-bond donors (Lipinski definition) is 1. The molecule has 0 fully saturated rings. The first-order chi connectivity index (χ1) is 13.5. The average Bonchev–Trinajstić information content (AvgIpc) is 3.20. The van der Waals surface area contributed by atoms with Crippen LogP contribution in [0.1, 0.15) is 51.1 Å². The van der Waals surface area contributed by atoms with Gasteiger partial charge in [-0.3, -0.25) is 4.79 Å². The number of carbonyl (C=O) groups is 2. The molecule has 1 aliphatic rings. The monoisotopic (exact) mass is 400 g/mol. The number of halogens is 1. The molecule has 2 heterocycles. The zero-order chi connectivity index (χ0) is 19.8. The van der Waals surface area contributed by atoms with Crippen molar-refractivity contribution in [3.05, 3.63) is 51.8 Å². The highest BCUT2D eigenvalue weighted by molar-refractivity contribution is 7.17. The van der Waals surface area contributed by atoms with Gasteiger partial charge < -0.3 is 14.6 Å². The van der Waals surface area contributed by atoms with E-state index in [9.17, 15) is 14.0 Å². The highest BCUT2D eigenvalue weighted by Crippen LogP contribution is 2.39. The molecule has 146 valence electrons. The van der Waals surface area contributed by atoms with Crippen LogP contribution in [0.2, 0.25) is 0 Å². The quantitative estimate of drug-likeness (QED) is 0.647. The van der Waals surface area contributed by atoms with Crippen LogP contribution < -0.4 is 5.32 Å². The standard InChI is InChI=1S/C21H21FN2O3S/c1-3-27-21(26)18-12-7-4-5-10-17(12)28-20(18)23-19(25)16-11-13-14(22)8-6-9-15(13)24(16)2/h6,8-9,11H,3-5,7,10H2,1-2H3,(H,23,25). The lowest BCUT2D eigenvalue weighted by Gasteiger charge is -2.12. The molecule has 0 bridgehead atoms. The van der Waals surface area contributed by atoms with E-state index in [1.54, 1.807) is 30.7 Å².